The van der Waals surface area contributed by atoms with Crippen LogP contribution in [0.25, 0.3) is 0 Å². The average Bonchev–Trinajstić information content (AvgIpc) is 2.45. The van der Waals surface area contributed by atoms with Gasteiger partial charge < -0.3 is 9.47 Å². The zero-order chi connectivity index (χ0) is 14.5. The van der Waals surface area contributed by atoms with E-state index < -0.39 is 0 Å². The summed E-state index contributed by atoms with van der Waals surface area (Å²) in [6.07, 6.45) is 0. The third-order valence-electron chi connectivity index (χ3n) is 3.05. The Morgan fingerprint density at radius 2 is 1.90 bits per heavy atom. The van der Waals surface area contributed by atoms with Crippen molar-refractivity contribution >= 4 is 5.78 Å². The summed E-state index contributed by atoms with van der Waals surface area (Å²) in [7, 11) is 1.57. The number of ketones is 1. The zero-order valence-corrected chi connectivity index (χ0v) is 12.0. The summed E-state index contributed by atoms with van der Waals surface area (Å²) in [5.41, 5.74) is 2.91. The highest BCUT2D eigenvalue weighted by Crippen LogP contribution is 2.29. The molecular formula is C17H18O3. The predicted molar refractivity (Wildman–Crippen MR) is 78.5 cm³/mol. The fraction of sp³-hybridized carbons (Fsp3) is 0.235. The summed E-state index contributed by atoms with van der Waals surface area (Å²) in [4.78, 5) is 11.3. The van der Waals surface area contributed by atoms with Crippen molar-refractivity contribution in [2.24, 2.45) is 0 Å². The second kappa shape index (κ2) is 6.24. The van der Waals surface area contributed by atoms with Crippen molar-refractivity contribution in [2.45, 2.75) is 20.5 Å². The Morgan fingerprint density at radius 1 is 1.10 bits per heavy atom. The van der Waals surface area contributed by atoms with E-state index in [0.717, 1.165) is 5.56 Å². The molecule has 0 amide bonds. The van der Waals surface area contributed by atoms with E-state index in [1.54, 1.807) is 25.3 Å². The van der Waals surface area contributed by atoms with Gasteiger partial charge in [-0.2, -0.15) is 0 Å². The number of methoxy groups -OCH3 is 1. The zero-order valence-electron chi connectivity index (χ0n) is 12.0. The van der Waals surface area contributed by atoms with E-state index in [2.05, 4.69) is 6.07 Å². The van der Waals surface area contributed by atoms with Crippen LogP contribution in [0.15, 0.2) is 42.5 Å². The van der Waals surface area contributed by atoms with Crippen molar-refractivity contribution in [1.82, 2.24) is 0 Å². The van der Waals surface area contributed by atoms with Crippen LogP contribution in [0, 0.1) is 6.92 Å². The van der Waals surface area contributed by atoms with E-state index in [1.165, 1.54) is 12.5 Å². The molecule has 2 aromatic carbocycles. The summed E-state index contributed by atoms with van der Waals surface area (Å²) in [6.45, 7) is 4.05. The molecule has 2 rings (SSSR count). The molecule has 104 valence electrons. The van der Waals surface area contributed by atoms with Crippen molar-refractivity contribution in [3.05, 3.63) is 59.2 Å². The largest absolute Gasteiger partial charge is 0.493 e. The van der Waals surface area contributed by atoms with Crippen LogP contribution >= 0.6 is 0 Å². The molecule has 0 spiro atoms. The van der Waals surface area contributed by atoms with Gasteiger partial charge in [-0.1, -0.05) is 29.8 Å². The molecule has 0 radical (unpaired) electrons. The quantitative estimate of drug-likeness (QED) is 0.775. The van der Waals surface area contributed by atoms with Gasteiger partial charge >= 0.3 is 0 Å². The number of hydrogen-bond donors (Lipinski definition) is 0. The topological polar surface area (TPSA) is 35.5 Å². The smallest absolute Gasteiger partial charge is 0.161 e. The van der Waals surface area contributed by atoms with E-state index in [-0.39, 0.29) is 5.78 Å². The molecule has 0 N–H and O–H groups in total. The Labute approximate surface area is 119 Å². The first-order valence-corrected chi connectivity index (χ1v) is 6.47. The van der Waals surface area contributed by atoms with Crippen LogP contribution < -0.4 is 9.47 Å². The van der Waals surface area contributed by atoms with Gasteiger partial charge in [0.2, 0.25) is 0 Å². The Kier molecular flexibility index (Phi) is 4.41. The number of aryl methyl sites for hydroxylation is 1. The van der Waals surface area contributed by atoms with Crippen LogP contribution in [0.4, 0.5) is 0 Å². The molecule has 0 saturated heterocycles. The fourth-order valence-electron chi connectivity index (χ4n) is 1.97. The maximum absolute atomic E-state index is 11.3. The lowest BCUT2D eigenvalue weighted by atomic mass is 10.1. The molecule has 2 aromatic rings. The first-order chi connectivity index (χ1) is 9.60. The van der Waals surface area contributed by atoms with Gasteiger partial charge in [-0.3, -0.25) is 4.79 Å². The van der Waals surface area contributed by atoms with E-state index >= 15 is 0 Å². The van der Waals surface area contributed by atoms with Gasteiger partial charge in [0.15, 0.2) is 17.3 Å². The molecule has 0 bridgehead atoms. The SMILES string of the molecule is COc1cc(C(C)=O)ccc1OCc1cccc(C)c1. The lowest BCUT2D eigenvalue weighted by Crippen LogP contribution is -2.00. The molecule has 0 aliphatic heterocycles. The Morgan fingerprint density at radius 3 is 2.55 bits per heavy atom. The maximum Gasteiger partial charge on any atom is 0.161 e. The second-order valence-corrected chi connectivity index (χ2v) is 4.70. The van der Waals surface area contributed by atoms with Crippen LogP contribution in [0.3, 0.4) is 0 Å². The Hall–Kier alpha value is -2.29. The van der Waals surface area contributed by atoms with Gasteiger partial charge in [0.1, 0.15) is 6.61 Å². The summed E-state index contributed by atoms with van der Waals surface area (Å²) in [5.74, 6) is 1.22. The van der Waals surface area contributed by atoms with Crippen LogP contribution in [-0.2, 0) is 6.61 Å². The molecule has 3 heteroatoms. The summed E-state index contributed by atoms with van der Waals surface area (Å²) in [5, 5.41) is 0. The van der Waals surface area contributed by atoms with Crippen molar-refractivity contribution in [3.8, 4) is 11.5 Å². The second-order valence-electron chi connectivity index (χ2n) is 4.70. The Bertz CT molecular complexity index is 617. The predicted octanol–water partition coefficient (Wildman–Crippen LogP) is 3.79. The van der Waals surface area contributed by atoms with Gasteiger partial charge in [-0.25, -0.2) is 0 Å². The number of carbonyl (C=O) groups is 1. The standard InChI is InChI=1S/C17H18O3/c1-12-5-4-6-14(9-12)11-20-16-8-7-15(13(2)18)10-17(16)19-3/h4-10H,11H2,1-3H3. The molecule has 0 fully saturated rings. The van der Waals surface area contributed by atoms with Gasteiger partial charge in [0, 0.05) is 5.56 Å². The molecule has 20 heavy (non-hydrogen) atoms. The number of benzene rings is 2. The number of carbonyl (C=O) groups excluding carboxylic acids is 1. The molecule has 0 aliphatic rings. The highest BCUT2D eigenvalue weighted by atomic mass is 16.5. The molecule has 0 heterocycles. The molecule has 0 unspecified atom stereocenters. The number of Topliss-reactive ketones (excluding diaryl/α,β-unsaturated/α-hetero) is 1. The lowest BCUT2D eigenvalue weighted by molar-refractivity contribution is 0.101. The van der Waals surface area contributed by atoms with Crippen molar-refractivity contribution < 1.29 is 14.3 Å². The summed E-state index contributed by atoms with van der Waals surface area (Å²) < 4.78 is 11.0. The number of rotatable bonds is 5. The first-order valence-electron chi connectivity index (χ1n) is 6.47. The number of ether oxygens (including phenoxy) is 2. The third-order valence-corrected chi connectivity index (χ3v) is 3.05. The van der Waals surface area contributed by atoms with Crippen LogP contribution in [0.1, 0.15) is 28.4 Å². The van der Waals surface area contributed by atoms with E-state index in [9.17, 15) is 4.79 Å². The minimum atomic E-state index is 0.00790. The molecule has 0 atom stereocenters. The summed E-state index contributed by atoms with van der Waals surface area (Å²) >= 11 is 0. The monoisotopic (exact) mass is 270 g/mol. The fourth-order valence-corrected chi connectivity index (χ4v) is 1.97. The third kappa shape index (κ3) is 3.38. The van der Waals surface area contributed by atoms with E-state index in [1.807, 2.05) is 25.1 Å². The summed E-state index contributed by atoms with van der Waals surface area (Å²) in [6, 6.07) is 13.4. The minimum Gasteiger partial charge on any atom is -0.493 e. The van der Waals surface area contributed by atoms with Crippen LogP contribution in [0.5, 0.6) is 11.5 Å². The molecular weight excluding hydrogens is 252 g/mol. The molecule has 0 aromatic heterocycles. The normalized spacial score (nSPS) is 10.2. The van der Waals surface area contributed by atoms with Crippen LogP contribution in [-0.4, -0.2) is 12.9 Å². The minimum absolute atomic E-state index is 0.00790. The van der Waals surface area contributed by atoms with E-state index in [4.69, 9.17) is 9.47 Å². The lowest BCUT2D eigenvalue weighted by Gasteiger charge is -2.12. The van der Waals surface area contributed by atoms with Crippen molar-refractivity contribution in [3.63, 3.8) is 0 Å². The number of hydrogen-bond acceptors (Lipinski definition) is 3. The highest BCUT2D eigenvalue weighted by Gasteiger charge is 2.08. The molecule has 0 saturated carbocycles. The molecule has 0 aliphatic carbocycles. The van der Waals surface area contributed by atoms with Gasteiger partial charge in [-0.05, 0) is 37.6 Å². The van der Waals surface area contributed by atoms with Crippen LogP contribution in [0.2, 0.25) is 0 Å². The Balaban J connectivity index is 2.15. The average molecular weight is 270 g/mol. The van der Waals surface area contributed by atoms with Crippen molar-refractivity contribution in [2.75, 3.05) is 7.11 Å². The van der Waals surface area contributed by atoms with Gasteiger partial charge in [0.05, 0.1) is 7.11 Å². The highest BCUT2D eigenvalue weighted by molar-refractivity contribution is 5.94. The van der Waals surface area contributed by atoms with Crippen molar-refractivity contribution in [1.29, 1.82) is 0 Å². The van der Waals surface area contributed by atoms with Gasteiger partial charge in [-0.15, -0.1) is 0 Å². The molecule has 3 nitrogen and oxygen atoms in total. The van der Waals surface area contributed by atoms with Gasteiger partial charge in [0.25, 0.3) is 0 Å². The maximum atomic E-state index is 11.3. The van der Waals surface area contributed by atoms with E-state index in [0.29, 0.717) is 23.7 Å². The first kappa shape index (κ1) is 14.1.